The summed E-state index contributed by atoms with van der Waals surface area (Å²) in [5.41, 5.74) is 6.32. The van der Waals surface area contributed by atoms with Crippen LogP contribution in [0.4, 0.5) is 5.69 Å². The van der Waals surface area contributed by atoms with E-state index in [1.165, 1.54) is 25.3 Å². The molecule has 0 heterocycles. The molecule has 20 heavy (non-hydrogen) atoms. The molecule has 0 saturated heterocycles. The molecule has 1 rings (SSSR count). The van der Waals surface area contributed by atoms with Crippen LogP contribution in [0.25, 0.3) is 0 Å². The van der Waals surface area contributed by atoms with Crippen molar-refractivity contribution < 1.29 is 23.8 Å². The molecule has 1 aromatic rings. The molecular formula is C13H18N2O5. The SMILES string of the molecule is COCCNC(=O)COc1ccc(C(=O)OC)cc1N. The van der Waals surface area contributed by atoms with Crippen molar-refractivity contribution in [2.24, 2.45) is 0 Å². The summed E-state index contributed by atoms with van der Waals surface area (Å²) in [6.07, 6.45) is 0. The van der Waals surface area contributed by atoms with Crippen molar-refractivity contribution in [1.29, 1.82) is 0 Å². The Morgan fingerprint density at radius 1 is 1.30 bits per heavy atom. The first-order valence-corrected chi connectivity index (χ1v) is 5.94. The lowest BCUT2D eigenvalue weighted by Gasteiger charge is -2.10. The topological polar surface area (TPSA) is 99.9 Å². The van der Waals surface area contributed by atoms with E-state index in [-0.39, 0.29) is 18.2 Å². The van der Waals surface area contributed by atoms with Crippen molar-refractivity contribution in [3.8, 4) is 5.75 Å². The van der Waals surface area contributed by atoms with Crippen molar-refractivity contribution in [2.45, 2.75) is 0 Å². The molecule has 3 N–H and O–H groups in total. The molecule has 7 nitrogen and oxygen atoms in total. The number of methoxy groups -OCH3 is 2. The highest BCUT2D eigenvalue weighted by molar-refractivity contribution is 5.91. The van der Waals surface area contributed by atoms with E-state index in [4.69, 9.17) is 15.2 Å². The summed E-state index contributed by atoms with van der Waals surface area (Å²) in [4.78, 5) is 22.7. The minimum absolute atomic E-state index is 0.161. The molecule has 110 valence electrons. The predicted octanol–water partition coefficient (Wildman–Crippen LogP) is 0.197. The fourth-order valence-corrected chi connectivity index (χ4v) is 1.41. The molecule has 0 aliphatic carbocycles. The summed E-state index contributed by atoms with van der Waals surface area (Å²) in [5.74, 6) is -0.432. The fraction of sp³-hybridized carbons (Fsp3) is 0.385. The van der Waals surface area contributed by atoms with Crippen LogP contribution < -0.4 is 15.8 Å². The molecule has 0 saturated carbocycles. The average molecular weight is 282 g/mol. The molecule has 0 bridgehead atoms. The van der Waals surface area contributed by atoms with E-state index < -0.39 is 5.97 Å². The van der Waals surface area contributed by atoms with E-state index in [0.29, 0.717) is 24.5 Å². The molecule has 0 unspecified atom stereocenters. The van der Waals surface area contributed by atoms with E-state index >= 15 is 0 Å². The van der Waals surface area contributed by atoms with E-state index in [9.17, 15) is 9.59 Å². The average Bonchev–Trinajstić information content (AvgIpc) is 2.45. The molecule has 0 aliphatic heterocycles. The minimum atomic E-state index is -0.486. The lowest BCUT2D eigenvalue weighted by molar-refractivity contribution is -0.123. The molecule has 1 amide bonds. The van der Waals surface area contributed by atoms with Crippen molar-refractivity contribution in [3.05, 3.63) is 23.8 Å². The summed E-state index contributed by atoms with van der Waals surface area (Å²) in [6, 6.07) is 4.47. The van der Waals surface area contributed by atoms with Gasteiger partial charge in [-0.15, -0.1) is 0 Å². The summed E-state index contributed by atoms with van der Waals surface area (Å²) < 4.78 is 14.6. The van der Waals surface area contributed by atoms with E-state index in [1.807, 2.05) is 0 Å². The third kappa shape index (κ3) is 4.77. The second kappa shape index (κ2) is 8.00. The lowest BCUT2D eigenvalue weighted by Crippen LogP contribution is -2.31. The van der Waals surface area contributed by atoms with Gasteiger partial charge in [0.2, 0.25) is 0 Å². The van der Waals surface area contributed by atoms with Gasteiger partial charge in [-0.3, -0.25) is 4.79 Å². The molecule has 0 radical (unpaired) electrons. The monoisotopic (exact) mass is 282 g/mol. The molecule has 0 aromatic heterocycles. The summed E-state index contributed by atoms with van der Waals surface area (Å²) in [5, 5.41) is 2.61. The Labute approximate surface area is 117 Å². The molecule has 0 aliphatic rings. The summed E-state index contributed by atoms with van der Waals surface area (Å²) in [7, 11) is 2.83. The van der Waals surface area contributed by atoms with E-state index in [0.717, 1.165) is 0 Å². The van der Waals surface area contributed by atoms with Gasteiger partial charge in [0.05, 0.1) is 25.0 Å². The van der Waals surface area contributed by atoms with Crippen LogP contribution in [0.1, 0.15) is 10.4 Å². The number of hydrogen-bond donors (Lipinski definition) is 2. The number of nitrogens with two attached hydrogens (primary N) is 1. The van der Waals surface area contributed by atoms with Gasteiger partial charge in [-0.2, -0.15) is 0 Å². The third-order valence-corrected chi connectivity index (χ3v) is 2.42. The first kappa shape index (κ1) is 15.8. The van der Waals surface area contributed by atoms with Gasteiger partial charge in [0.1, 0.15) is 5.75 Å². The first-order valence-electron chi connectivity index (χ1n) is 5.94. The van der Waals surface area contributed by atoms with Crippen LogP contribution in [0.15, 0.2) is 18.2 Å². The number of carbonyl (C=O) groups is 2. The van der Waals surface area contributed by atoms with E-state index in [2.05, 4.69) is 10.1 Å². The van der Waals surface area contributed by atoms with Gasteiger partial charge in [0.25, 0.3) is 5.91 Å². The number of hydrogen-bond acceptors (Lipinski definition) is 6. The maximum absolute atomic E-state index is 11.4. The zero-order valence-electron chi connectivity index (χ0n) is 11.5. The number of benzene rings is 1. The Morgan fingerprint density at radius 3 is 2.65 bits per heavy atom. The molecular weight excluding hydrogens is 264 g/mol. The number of nitrogen functional groups attached to an aromatic ring is 1. The van der Waals surface area contributed by atoms with Gasteiger partial charge >= 0.3 is 5.97 Å². The van der Waals surface area contributed by atoms with Crippen LogP contribution in [0.3, 0.4) is 0 Å². The van der Waals surface area contributed by atoms with E-state index in [1.54, 1.807) is 7.11 Å². The Hall–Kier alpha value is -2.28. The Balaban J connectivity index is 2.52. The Morgan fingerprint density at radius 2 is 2.05 bits per heavy atom. The number of carbonyl (C=O) groups excluding carboxylic acids is 2. The van der Waals surface area contributed by atoms with Crippen LogP contribution >= 0.6 is 0 Å². The van der Waals surface area contributed by atoms with Crippen molar-refractivity contribution in [1.82, 2.24) is 5.32 Å². The molecule has 0 spiro atoms. The second-order valence-electron chi connectivity index (χ2n) is 3.88. The van der Waals surface area contributed by atoms with Gasteiger partial charge in [-0.05, 0) is 18.2 Å². The van der Waals surface area contributed by atoms with Gasteiger partial charge < -0.3 is 25.3 Å². The number of nitrogens with one attached hydrogen (secondary N) is 1. The minimum Gasteiger partial charge on any atom is -0.482 e. The molecule has 0 atom stereocenters. The largest absolute Gasteiger partial charge is 0.482 e. The molecule has 0 fully saturated rings. The van der Waals surface area contributed by atoms with Gasteiger partial charge in [0, 0.05) is 13.7 Å². The van der Waals surface area contributed by atoms with Crippen LogP contribution in [-0.2, 0) is 14.3 Å². The van der Waals surface area contributed by atoms with Crippen molar-refractivity contribution in [3.63, 3.8) is 0 Å². The molecule has 7 heteroatoms. The third-order valence-electron chi connectivity index (χ3n) is 2.42. The lowest BCUT2D eigenvalue weighted by atomic mass is 10.2. The fourth-order valence-electron chi connectivity index (χ4n) is 1.41. The standard InChI is InChI=1S/C13H18N2O5/c1-18-6-5-15-12(16)8-20-11-4-3-9(7-10(11)14)13(17)19-2/h3-4,7H,5-6,8,14H2,1-2H3,(H,15,16). The van der Waals surface area contributed by atoms with Crippen LogP contribution in [0, 0.1) is 0 Å². The Bertz CT molecular complexity index is 476. The van der Waals surface area contributed by atoms with Gasteiger partial charge in [-0.25, -0.2) is 4.79 Å². The van der Waals surface area contributed by atoms with Crippen LogP contribution in [-0.4, -0.2) is 45.9 Å². The zero-order valence-corrected chi connectivity index (χ0v) is 11.5. The number of amides is 1. The normalized spacial score (nSPS) is 9.90. The number of anilines is 1. The number of ether oxygens (including phenoxy) is 3. The van der Waals surface area contributed by atoms with Crippen LogP contribution in [0.2, 0.25) is 0 Å². The maximum Gasteiger partial charge on any atom is 0.337 e. The summed E-state index contributed by atoms with van der Waals surface area (Å²) in [6.45, 7) is 0.683. The highest BCUT2D eigenvalue weighted by Crippen LogP contribution is 2.22. The van der Waals surface area contributed by atoms with Crippen molar-refractivity contribution in [2.75, 3.05) is 39.7 Å². The quantitative estimate of drug-likeness (QED) is 0.421. The van der Waals surface area contributed by atoms with Crippen molar-refractivity contribution >= 4 is 17.6 Å². The van der Waals surface area contributed by atoms with Gasteiger partial charge in [0.15, 0.2) is 6.61 Å². The first-order chi connectivity index (χ1) is 9.58. The maximum atomic E-state index is 11.4. The number of rotatable bonds is 7. The zero-order chi connectivity index (χ0) is 15.0. The second-order valence-corrected chi connectivity index (χ2v) is 3.88. The predicted molar refractivity (Wildman–Crippen MR) is 72.6 cm³/mol. The molecule has 1 aromatic carbocycles. The highest BCUT2D eigenvalue weighted by atomic mass is 16.5. The summed E-state index contributed by atoms with van der Waals surface area (Å²) >= 11 is 0. The Kier molecular flexibility index (Phi) is 6.31. The smallest absolute Gasteiger partial charge is 0.337 e. The van der Waals surface area contributed by atoms with Crippen LogP contribution in [0.5, 0.6) is 5.75 Å². The number of esters is 1. The van der Waals surface area contributed by atoms with Gasteiger partial charge in [-0.1, -0.05) is 0 Å². The highest BCUT2D eigenvalue weighted by Gasteiger charge is 2.10.